The number of amides is 1. The van der Waals surface area contributed by atoms with Gasteiger partial charge in [-0.05, 0) is 74.9 Å². The van der Waals surface area contributed by atoms with Gasteiger partial charge >= 0.3 is 0 Å². The molecule has 2 aliphatic rings. The number of rotatable bonds is 7. The molecule has 4 rings (SSSR count). The normalized spacial score (nSPS) is 21.4. The van der Waals surface area contributed by atoms with Crippen LogP contribution in [0.5, 0.6) is 5.75 Å². The van der Waals surface area contributed by atoms with Gasteiger partial charge in [-0.25, -0.2) is 8.42 Å². The summed E-state index contributed by atoms with van der Waals surface area (Å²) in [5.74, 6) is 0.685. The summed E-state index contributed by atoms with van der Waals surface area (Å²) in [5, 5.41) is 0.834. The smallest absolute Gasteiger partial charge is 0.244 e. The second kappa shape index (κ2) is 11.5. The zero-order valence-electron chi connectivity index (χ0n) is 20.3. The minimum atomic E-state index is -3.92. The van der Waals surface area contributed by atoms with Gasteiger partial charge in [-0.15, -0.1) is 0 Å². The van der Waals surface area contributed by atoms with E-state index in [0.29, 0.717) is 30.2 Å². The molecule has 0 aromatic heterocycles. The van der Waals surface area contributed by atoms with Crippen LogP contribution in [0, 0.1) is 12.3 Å². The van der Waals surface area contributed by atoms with Crippen molar-refractivity contribution in [3.05, 3.63) is 57.0 Å². The van der Waals surface area contributed by atoms with Crippen LogP contribution in [-0.4, -0.2) is 56.3 Å². The number of nitrogens with zero attached hydrogens (tertiary/aromatic N) is 2. The van der Waals surface area contributed by atoms with Crippen molar-refractivity contribution in [2.75, 3.05) is 32.8 Å². The summed E-state index contributed by atoms with van der Waals surface area (Å²) in [6.45, 7) is 4.09. The molecule has 2 saturated heterocycles. The van der Waals surface area contributed by atoms with Gasteiger partial charge in [0.05, 0.1) is 16.7 Å². The summed E-state index contributed by atoms with van der Waals surface area (Å²) in [7, 11) is -3.92. The lowest BCUT2D eigenvalue weighted by molar-refractivity contribution is -0.136. The second-order valence-corrected chi connectivity index (χ2v) is 12.9. The van der Waals surface area contributed by atoms with Crippen LogP contribution in [0.15, 0.2) is 41.3 Å². The minimum absolute atomic E-state index is 0.00706. The summed E-state index contributed by atoms with van der Waals surface area (Å²) in [5.41, 5.74) is 0.203. The van der Waals surface area contributed by atoms with E-state index in [-0.39, 0.29) is 40.4 Å². The van der Waals surface area contributed by atoms with E-state index in [1.54, 1.807) is 24.3 Å². The third-order valence-corrected chi connectivity index (χ3v) is 10.3. The first-order chi connectivity index (χ1) is 17.1. The number of likely N-dealkylation sites (tertiary alicyclic amines) is 1. The van der Waals surface area contributed by atoms with Gasteiger partial charge in [0.1, 0.15) is 10.6 Å². The number of sulfonamides is 1. The molecule has 2 aromatic carbocycles. The van der Waals surface area contributed by atoms with E-state index in [1.807, 2.05) is 17.9 Å². The van der Waals surface area contributed by atoms with Crippen LogP contribution in [0.2, 0.25) is 15.1 Å². The maximum absolute atomic E-state index is 13.6. The number of carbonyl (C=O) groups excluding carboxylic acids is 1. The van der Waals surface area contributed by atoms with Crippen LogP contribution in [0.1, 0.15) is 44.1 Å². The molecule has 0 bridgehead atoms. The molecule has 0 radical (unpaired) electrons. The van der Waals surface area contributed by atoms with Crippen molar-refractivity contribution in [1.82, 2.24) is 9.21 Å². The first-order valence-electron chi connectivity index (χ1n) is 12.2. The number of halogens is 3. The van der Waals surface area contributed by atoms with E-state index in [2.05, 4.69) is 0 Å². The number of ether oxygens (including phenoxy) is 1. The predicted molar refractivity (Wildman–Crippen MR) is 144 cm³/mol. The van der Waals surface area contributed by atoms with Crippen molar-refractivity contribution in [1.29, 1.82) is 0 Å². The molecule has 2 aliphatic heterocycles. The highest BCUT2D eigenvalue weighted by Gasteiger charge is 2.43. The van der Waals surface area contributed by atoms with Crippen LogP contribution in [0.4, 0.5) is 0 Å². The lowest BCUT2D eigenvalue weighted by Gasteiger charge is -2.42. The highest BCUT2D eigenvalue weighted by atomic mass is 35.5. The van der Waals surface area contributed by atoms with Gasteiger partial charge in [0.2, 0.25) is 15.9 Å². The van der Waals surface area contributed by atoms with E-state index in [0.717, 1.165) is 37.9 Å². The Morgan fingerprint density at radius 3 is 2.47 bits per heavy atom. The molecule has 36 heavy (non-hydrogen) atoms. The van der Waals surface area contributed by atoms with Crippen molar-refractivity contribution >= 4 is 50.7 Å². The molecule has 0 unspecified atom stereocenters. The Labute approximate surface area is 228 Å². The molecule has 2 aromatic rings. The average Bonchev–Trinajstić information content (AvgIpc) is 2.87. The molecule has 2 fully saturated rings. The summed E-state index contributed by atoms with van der Waals surface area (Å²) >= 11 is 18.6. The number of carbonyl (C=O) groups is 1. The van der Waals surface area contributed by atoms with Gasteiger partial charge in [-0.2, -0.15) is 4.31 Å². The quantitative estimate of drug-likeness (QED) is 0.395. The zero-order chi connectivity index (χ0) is 25.9. The molecule has 0 aliphatic carbocycles. The number of benzene rings is 2. The fourth-order valence-corrected chi connectivity index (χ4v) is 7.47. The van der Waals surface area contributed by atoms with E-state index in [1.165, 1.54) is 10.4 Å². The number of hydrogen-bond donors (Lipinski definition) is 0. The topological polar surface area (TPSA) is 66.9 Å². The Kier molecular flexibility index (Phi) is 8.78. The molecular weight excluding hydrogens is 543 g/mol. The Balaban J connectivity index is 1.61. The average molecular weight is 574 g/mol. The lowest BCUT2D eigenvalue weighted by Crippen LogP contribution is -2.51. The molecule has 10 heteroatoms. The van der Waals surface area contributed by atoms with Crippen LogP contribution in [0.3, 0.4) is 0 Å². The highest BCUT2D eigenvalue weighted by Crippen LogP contribution is 2.39. The van der Waals surface area contributed by atoms with Crippen LogP contribution in [-0.2, 0) is 14.8 Å². The van der Waals surface area contributed by atoms with Gasteiger partial charge in [-0.3, -0.25) is 4.79 Å². The van der Waals surface area contributed by atoms with Crippen molar-refractivity contribution in [3.8, 4) is 5.75 Å². The van der Waals surface area contributed by atoms with Gasteiger partial charge < -0.3 is 9.64 Å². The van der Waals surface area contributed by atoms with Crippen molar-refractivity contribution in [2.24, 2.45) is 5.41 Å². The molecule has 1 atom stereocenters. The number of aryl methyl sites for hydroxylation is 1. The molecular formula is C26H31Cl3N2O4S. The van der Waals surface area contributed by atoms with E-state index < -0.39 is 15.4 Å². The summed E-state index contributed by atoms with van der Waals surface area (Å²) in [4.78, 5) is 15.2. The number of hydrogen-bond acceptors (Lipinski definition) is 4. The fraction of sp³-hybridized carbons (Fsp3) is 0.500. The standard InChI is InChI=1S/C26H31Cl3N2O4S/c1-19-15-20(9-10-21(19)27)35-18-26(16-24(32)30-12-3-2-4-13-30)11-6-14-31(17-26)36(33,34)23-8-5-7-22(28)25(23)29/h5,7-10,15H,2-4,6,11-14,16-18H2,1H3/t26-/m1/s1. The molecule has 1 amide bonds. The molecule has 2 heterocycles. The third kappa shape index (κ3) is 6.13. The van der Waals surface area contributed by atoms with Gasteiger partial charge in [-0.1, -0.05) is 40.9 Å². The summed E-state index contributed by atoms with van der Waals surface area (Å²) < 4.78 is 34.9. The molecule has 6 nitrogen and oxygen atoms in total. The van der Waals surface area contributed by atoms with Crippen LogP contribution < -0.4 is 4.74 Å². The predicted octanol–water partition coefficient (Wildman–Crippen LogP) is 6.21. The van der Waals surface area contributed by atoms with E-state index in [9.17, 15) is 13.2 Å². The summed E-state index contributed by atoms with van der Waals surface area (Å²) in [6, 6.07) is 10.0. The molecule has 0 spiro atoms. The SMILES string of the molecule is Cc1cc(OC[C@@]2(CC(=O)N3CCCCC3)CCCN(S(=O)(=O)c3cccc(Cl)c3Cl)C2)ccc1Cl. The Hall–Kier alpha value is -1.51. The van der Waals surface area contributed by atoms with Crippen molar-refractivity contribution in [2.45, 2.75) is 50.3 Å². The van der Waals surface area contributed by atoms with Gasteiger partial charge in [0, 0.05) is 43.0 Å². The maximum Gasteiger partial charge on any atom is 0.244 e. The Bertz CT molecular complexity index is 1220. The molecule has 0 saturated carbocycles. The maximum atomic E-state index is 13.6. The summed E-state index contributed by atoms with van der Waals surface area (Å²) in [6.07, 6.45) is 4.61. The second-order valence-electron chi connectivity index (χ2n) is 9.81. The number of piperidine rings is 2. The van der Waals surface area contributed by atoms with E-state index >= 15 is 0 Å². The molecule has 196 valence electrons. The first-order valence-corrected chi connectivity index (χ1v) is 14.8. The Morgan fingerprint density at radius 1 is 1.00 bits per heavy atom. The van der Waals surface area contributed by atoms with Gasteiger partial charge in [0.15, 0.2) is 0 Å². The van der Waals surface area contributed by atoms with E-state index in [4.69, 9.17) is 39.5 Å². The van der Waals surface area contributed by atoms with Gasteiger partial charge in [0.25, 0.3) is 0 Å². The zero-order valence-corrected chi connectivity index (χ0v) is 23.4. The highest BCUT2D eigenvalue weighted by molar-refractivity contribution is 7.89. The van der Waals surface area contributed by atoms with Crippen LogP contribution in [0.25, 0.3) is 0 Å². The third-order valence-electron chi connectivity index (χ3n) is 7.07. The van der Waals surface area contributed by atoms with Crippen molar-refractivity contribution < 1.29 is 17.9 Å². The minimum Gasteiger partial charge on any atom is -0.493 e. The van der Waals surface area contributed by atoms with Crippen molar-refractivity contribution in [3.63, 3.8) is 0 Å². The largest absolute Gasteiger partial charge is 0.493 e. The fourth-order valence-electron chi connectivity index (χ4n) is 5.02. The Morgan fingerprint density at radius 2 is 1.75 bits per heavy atom. The lowest BCUT2D eigenvalue weighted by atomic mass is 9.78. The molecule has 0 N–H and O–H groups in total. The van der Waals surface area contributed by atoms with Crippen LogP contribution >= 0.6 is 34.8 Å². The monoisotopic (exact) mass is 572 g/mol. The first kappa shape index (κ1) is 27.5.